The Morgan fingerprint density at radius 1 is 1.21 bits per heavy atom. The molecule has 1 aromatic carbocycles. The van der Waals surface area contributed by atoms with Crippen molar-refractivity contribution in [2.24, 2.45) is 7.05 Å². The third-order valence-electron chi connectivity index (χ3n) is 4.11. The zero-order chi connectivity index (χ0) is 21.4. The molecule has 0 saturated heterocycles. The Kier molecular flexibility index (Phi) is 5.93. The van der Waals surface area contributed by atoms with Gasteiger partial charge in [-0.25, -0.2) is 13.1 Å². The van der Waals surface area contributed by atoms with Gasteiger partial charge in [0.1, 0.15) is 0 Å². The number of nitrogens with one attached hydrogen (secondary N) is 1. The van der Waals surface area contributed by atoms with Crippen molar-refractivity contribution >= 4 is 33.2 Å². The second kappa shape index (κ2) is 7.96. The summed E-state index contributed by atoms with van der Waals surface area (Å²) in [4.78, 5) is -0.535. The predicted octanol–water partition coefficient (Wildman–Crippen LogP) is 2.79. The molecule has 3 rings (SSSR count). The van der Waals surface area contributed by atoms with Crippen LogP contribution in [0.4, 0.5) is 13.2 Å². The third-order valence-corrected chi connectivity index (χ3v) is 6.40. The number of aromatic nitrogens is 4. The minimum absolute atomic E-state index is 0.0994. The van der Waals surface area contributed by atoms with Crippen molar-refractivity contribution in [3.8, 4) is 0 Å². The van der Waals surface area contributed by atoms with E-state index in [0.717, 1.165) is 18.2 Å². The molecule has 2 aromatic rings. The van der Waals surface area contributed by atoms with Gasteiger partial charge in [0.2, 0.25) is 0 Å². The number of nitrogens with zero attached hydrogens (tertiary/aromatic N) is 4. The van der Waals surface area contributed by atoms with E-state index in [2.05, 4.69) is 20.2 Å². The SMILES string of the molecule is Cn1nnnc1CC1=CC(Cl)C(Cl)C=C1NS(=O)(=O)c1cccc(C(F)(F)F)c1. The maximum Gasteiger partial charge on any atom is 0.416 e. The molecule has 2 unspecified atom stereocenters. The molecule has 0 spiro atoms. The lowest BCUT2D eigenvalue weighted by molar-refractivity contribution is -0.137. The molecule has 0 aliphatic heterocycles. The Morgan fingerprint density at radius 2 is 1.90 bits per heavy atom. The summed E-state index contributed by atoms with van der Waals surface area (Å²) in [6.07, 6.45) is -1.60. The van der Waals surface area contributed by atoms with Gasteiger partial charge in [0.05, 0.1) is 21.2 Å². The van der Waals surface area contributed by atoms with Crippen molar-refractivity contribution < 1.29 is 21.6 Å². The highest BCUT2D eigenvalue weighted by Gasteiger charge is 2.32. The van der Waals surface area contributed by atoms with Crippen LogP contribution in [0.25, 0.3) is 0 Å². The number of aryl methyl sites for hydroxylation is 1. The maximum absolute atomic E-state index is 12.9. The van der Waals surface area contributed by atoms with Gasteiger partial charge in [-0.2, -0.15) is 13.2 Å². The van der Waals surface area contributed by atoms with Gasteiger partial charge in [-0.15, -0.1) is 28.3 Å². The maximum atomic E-state index is 12.9. The lowest BCUT2D eigenvalue weighted by Gasteiger charge is -2.23. The summed E-state index contributed by atoms with van der Waals surface area (Å²) in [5.41, 5.74) is -0.535. The van der Waals surface area contributed by atoms with Crippen molar-refractivity contribution in [3.63, 3.8) is 0 Å². The molecule has 1 aromatic heterocycles. The highest BCUT2D eigenvalue weighted by molar-refractivity contribution is 7.89. The molecule has 0 fully saturated rings. The molecular formula is C16H14Cl2F3N5O2S. The molecule has 1 N–H and O–H groups in total. The number of rotatable bonds is 5. The predicted molar refractivity (Wildman–Crippen MR) is 99.7 cm³/mol. The van der Waals surface area contributed by atoms with Crippen molar-refractivity contribution in [2.45, 2.75) is 28.2 Å². The van der Waals surface area contributed by atoms with Gasteiger partial charge in [0.25, 0.3) is 10.0 Å². The molecule has 0 saturated carbocycles. The first-order chi connectivity index (χ1) is 13.5. The van der Waals surface area contributed by atoms with E-state index in [1.165, 1.54) is 10.8 Å². The number of alkyl halides is 5. The first kappa shape index (κ1) is 21.6. The summed E-state index contributed by atoms with van der Waals surface area (Å²) in [5, 5.41) is 9.71. The zero-order valence-electron chi connectivity index (χ0n) is 14.7. The van der Waals surface area contributed by atoms with Crippen LogP contribution in [0.5, 0.6) is 0 Å². The van der Waals surface area contributed by atoms with Crippen LogP contribution in [0.2, 0.25) is 0 Å². The molecule has 1 aliphatic rings. The van der Waals surface area contributed by atoms with E-state index in [0.29, 0.717) is 17.5 Å². The Labute approximate surface area is 174 Å². The van der Waals surface area contributed by atoms with Crippen LogP contribution in [-0.4, -0.2) is 39.4 Å². The van der Waals surface area contributed by atoms with Crippen molar-refractivity contribution in [1.82, 2.24) is 24.9 Å². The van der Waals surface area contributed by atoms with Crippen LogP contribution >= 0.6 is 23.2 Å². The van der Waals surface area contributed by atoms with Gasteiger partial charge in [-0.1, -0.05) is 12.1 Å². The Bertz CT molecular complexity index is 1080. The third kappa shape index (κ3) is 4.90. The lowest BCUT2D eigenvalue weighted by atomic mass is 10.00. The standard InChI is InChI=1S/C16H14Cl2F3N5O2S/c1-26-15(22-24-25-26)6-9-5-12(17)13(18)8-14(9)23-29(27,28)11-4-2-3-10(7-11)16(19,20)21/h2-5,7-8,12-13,23H,6H2,1H3. The highest BCUT2D eigenvalue weighted by atomic mass is 35.5. The summed E-state index contributed by atoms with van der Waals surface area (Å²) in [7, 11) is -2.72. The first-order valence-electron chi connectivity index (χ1n) is 8.10. The van der Waals surface area contributed by atoms with E-state index < -0.39 is 37.4 Å². The van der Waals surface area contributed by atoms with E-state index in [-0.39, 0.29) is 12.1 Å². The van der Waals surface area contributed by atoms with Gasteiger partial charge in [0, 0.05) is 19.2 Å². The van der Waals surface area contributed by atoms with Gasteiger partial charge in [-0.3, -0.25) is 4.72 Å². The van der Waals surface area contributed by atoms with Crippen molar-refractivity contribution in [1.29, 1.82) is 0 Å². The van der Waals surface area contributed by atoms with Crippen molar-refractivity contribution in [3.05, 3.63) is 59.1 Å². The average Bonchev–Trinajstić information content (AvgIpc) is 3.03. The topological polar surface area (TPSA) is 89.8 Å². The van der Waals surface area contributed by atoms with Gasteiger partial charge in [0.15, 0.2) is 5.82 Å². The number of benzene rings is 1. The van der Waals surface area contributed by atoms with E-state index in [4.69, 9.17) is 23.2 Å². The molecule has 156 valence electrons. The smallest absolute Gasteiger partial charge is 0.280 e. The number of allylic oxidation sites excluding steroid dienone is 3. The van der Waals surface area contributed by atoms with Crippen LogP contribution < -0.4 is 4.72 Å². The van der Waals surface area contributed by atoms with Gasteiger partial charge in [-0.05, 0) is 40.3 Å². The van der Waals surface area contributed by atoms with Gasteiger partial charge < -0.3 is 0 Å². The van der Waals surface area contributed by atoms with E-state index in [9.17, 15) is 21.6 Å². The molecule has 0 radical (unpaired) electrons. The zero-order valence-corrected chi connectivity index (χ0v) is 17.1. The molecule has 7 nitrogen and oxygen atoms in total. The molecule has 13 heteroatoms. The fourth-order valence-electron chi connectivity index (χ4n) is 2.60. The van der Waals surface area contributed by atoms with Crippen LogP contribution in [0, 0.1) is 0 Å². The summed E-state index contributed by atoms with van der Waals surface area (Å²) in [5.74, 6) is 0.428. The van der Waals surface area contributed by atoms with E-state index in [1.807, 2.05) is 0 Å². The van der Waals surface area contributed by atoms with Gasteiger partial charge >= 0.3 is 6.18 Å². The number of sulfonamides is 1. The minimum Gasteiger partial charge on any atom is -0.280 e. The monoisotopic (exact) mass is 467 g/mol. The fourth-order valence-corrected chi connectivity index (χ4v) is 4.17. The van der Waals surface area contributed by atoms with Crippen LogP contribution in [0.1, 0.15) is 11.4 Å². The summed E-state index contributed by atoms with van der Waals surface area (Å²) in [6.45, 7) is 0. The molecule has 1 aliphatic carbocycles. The molecule has 0 bridgehead atoms. The molecule has 2 atom stereocenters. The quantitative estimate of drug-likeness (QED) is 0.682. The molecule has 0 amide bonds. The van der Waals surface area contributed by atoms with Crippen molar-refractivity contribution in [2.75, 3.05) is 0 Å². The molecular weight excluding hydrogens is 454 g/mol. The number of hydrogen-bond acceptors (Lipinski definition) is 5. The average molecular weight is 468 g/mol. The normalized spacial score (nSPS) is 20.2. The number of halogens is 5. The first-order valence-corrected chi connectivity index (χ1v) is 10.5. The minimum atomic E-state index is -4.67. The van der Waals surface area contributed by atoms with Crippen LogP contribution in [0.3, 0.4) is 0 Å². The van der Waals surface area contributed by atoms with E-state index in [1.54, 1.807) is 13.1 Å². The Hall–Kier alpha value is -2.11. The number of hydrogen-bond donors (Lipinski definition) is 1. The Balaban J connectivity index is 1.92. The summed E-state index contributed by atoms with van der Waals surface area (Å²) >= 11 is 12.3. The largest absolute Gasteiger partial charge is 0.416 e. The van der Waals surface area contributed by atoms with E-state index >= 15 is 0 Å². The second-order valence-electron chi connectivity index (χ2n) is 6.19. The Morgan fingerprint density at radius 3 is 2.52 bits per heavy atom. The summed E-state index contributed by atoms with van der Waals surface area (Å²) < 4.78 is 67.9. The van der Waals surface area contributed by atoms with Crippen LogP contribution in [-0.2, 0) is 29.7 Å². The lowest BCUT2D eigenvalue weighted by Crippen LogP contribution is -2.30. The summed E-state index contributed by atoms with van der Waals surface area (Å²) in [6, 6.07) is 3.44. The second-order valence-corrected chi connectivity index (χ2v) is 8.88. The fraction of sp³-hybridized carbons (Fsp3) is 0.312. The number of tetrazole rings is 1. The molecule has 1 heterocycles. The highest BCUT2D eigenvalue weighted by Crippen LogP contribution is 2.31. The molecule has 29 heavy (non-hydrogen) atoms. The van der Waals surface area contributed by atoms with Crippen LogP contribution in [0.15, 0.2) is 52.6 Å².